The smallest absolute Gasteiger partial charge is 0.157 e. The van der Waals surface area contributed by atoms with E-state index >= 15 is 0 Å². The highest BCUT2D eigenvalue weighted by atomic mass is 31.2. The molecule has 0 spiro atoms. The first kappa shape index (κ1) is 40.3. The van der Waals surface area contributed by atoms with E-state index in [4.69, 9.17) is 9.47 Å². The van der Waals surface area contributed by atoms with Gasteiger partial charge in [-0.25, -0.2) is 0 Å². The van der Waals surface area contributed by atoms with Gasteiger partial charge < -0.3 is 9.47 Å². The lowest BCUT2D eigenvalue weighted by atomic mass is 10.1. The number of rotatable bonds is 31. The Balaban J connectivity index is 2.16. The minimum absolute atomic E-state index is 0.0126. The van der Waals surface area contributed by atoms with Gasteiger partial charge in [-0.3, -0.25) is 0 Å². The van der Waals surface area contributed by atoms with Crippen LogP contribution >= 0.6 is 7.26 Å². The van der Waals surface area contributed by atoms with E-state index in [-0.39, 0.29) is 6.29 Å². The minimum Gasteiger partial charge on any atom is -0.353 e. The highest BCUT2D eigenvalue weighted by molar-refractivity contribution is 7.80. The van der Waals surface area contributed by atoms with Crippen LogP contribution in [0.4, 0.5) is 0 Å². The zero-order valence-corrected chi connectivity index (χ0v) is 30.6. The molecule has 0 saturated heterocycles. The fraction of sp³-hybridized carbons (Fsp3) is 0.800. The van der Waals surface area contributed by atoms with E-state index in [0.29, 0.717) is 0 Å². The van der Waals surface area contributed by atoms with Gasteiger partial charge in [0.15, 0.2) is 6.29 Å². The zero-order valence-electron chi connectivity index (χ0n) is 29.7. The third-order valence-electron chi connectivity index (χ3n) is 8.64. The molecule has 0 atom stereocenters. The number of allylic oxidation sites excluding steroid dienone is 1. The molecule has 3 heteroatoms. The molecule has 2 nitrogen and oxygen atoms in total. The summed E-state index contributed by atoms with van der Waals surface area (Å²) in [7, 11) is -0.911. The van der Waals surface area contributed by atoms with Crippen molar-refractivity contribution in [3.05, 3.63) is 35.9 Å². The van der Waals surface area contributed by atoms with Crippen LogP contribution in [0.1, 0.15) is 174 Å². The predicted octanol–water partition coefficient (Wildman–Crippen LogP) is 13.0. The van der Waals surface area contributed by atoms with Crippen LogP contribution < -0.4 is 5.30 Å². The number of benzene rings is 1. The highest BCUT2D eigenvalue weighted by Gasteiger charge is 2.20. The lowest BCUT2D eigenvalue weighted by Gasteiger charge is -2.19. The highest BCUT2D eigenvalue weighted by Crippen LogP contribution is 2.44. The van der Waals surface area contributed by atoms with Gasteiger partial charge in [-0.1, -0.05) is 154 Å². The Morgan fingerprint density at radius 2 is 0.953 bits per heavy atom. The second-order valence-corrected chi connectivity index (χ2v) is 18.4. The predicted molar refractivity (Wildman–Crippen MR) is 198 cm³/mol. The number of ether oxygens (including phenoxy) is 2. The van der Waals surface area contributed by atoms with Gasteiger partial charge in [0, 0.05) is 20.5 Å². The van der Waals surface area contributed by atoms with Crippen LogP contribution in [-0.4, -0.2) is 39.5 Å². The first-order valence-electron chi connectivity index (χ1n) is 18.8. The van der Waals surface area contributed by atoms with Crippen LogP contribution in [0.15, 0.2) is 30.3 Å². The van der Waals surface area contributed by atoms with Crippen molar-refractivity contribution in [1.29, 1.82) is 0 Å². The SMILES string of the molecule is CCCCCCCCCCOC(CCCCCCCCC=Cc1ccc([P+](C)(C)C)cc1)OCCCCCCCCCC. The van der Waals surface area contributed by atoms with Crippen molar-refractivity contribution in [2.24, 2.45) is 0 Å². The van der Waals surface area contributed by atoms with Gasteiger partial charge in [0.2, 0.25) is 0 Å². The Hall–Kier alpha value is -0.690. The summed E-state index contributed by atoms with van der Waals surface area (Å²) >= 11 is 0. The van der Waals surface area contributed by atoms with Gasteiger partial charge in [-0.2, -0.15) is 0 Å². The van der Waals surface area contributed by atoms with E-state index in [1.165, 1.54) is 159 Å². The van der Waals surface area contributed by atoms with Crippen LogP contribution in [0.3, 0.4) is 0 Å². The van der Waals surface area contributed by atoms with E-state index in [0.717, 1.165) is 19.6 Å². The molecule has 0 aliphatic rings. The summed E-state index contributed by atoms with van der Waals surface area (Å²) in [4.78, 5) is 0. The number of unbranched alkanes of at least 4 members (excludes halogenated alkanes) is 20. The molecule has 1 rings (SSSR count). The monoisotopic (exact) mass is 618 g/mol. The Kier molecular flexibility index (Phi) is 27.0. The van der Waals surface area contributed by atoms with Crippen molar-refractivity contribution < 1.29 is 9.47 Å². The summed E-state index contributed by atoms with van der Waals surface area (Å²) in [6.07, 6.45) is 36.3. The van der Waals surface area contributed by atoms with Gasteiger partial charge in [0.1, 0.15) is 0 Å². The van der Waals surface area contributed by atoms with Crippen LogP contribution in [-0.2, 0) is 9.47 Å². The molecule has 0 bridgehead atoms. The molecule has 1 aromatic carbocycles. The van der Waals surface area contributed by atoms with Crippen molar-refractivity contribution in [1.82, 2.24) is 0 Å². The lowest BCUT2D eigenvalue weighted by Crippen LogP contribution is -2.19. The molecular weight excluding hydrogens is 543 g/mol. The molecule has 0 radical (unpaired) electrons. The summed E-state index contributed by atoms with van der Waals surface area (Å²) in [5.41, 5.74) is 1.33. The normalized spacial score (nSPS) is 12.2. The quantitative estimate of drug-likeness (QED) is 0.0469. The lowest BCUT2D eigenvalue weighted by molar-refractivity contribution is -0.148. The maximum absolute atomic E-state index is 6.26. The van der Waals surface area contributed by atoms with Crippen LogP contribution in [0.25, 0.3) is 6.08 Å². The van der Waals surface area contributed by atoms with Gasteiger partial charge in [0.05, 0.1) is 25.3 Å². The minimum atomic E-state index is -0.911. The summed E-state index contributed by atoms with van der Waals surface area (Å²) in [5, 5.41) is 1.51. The standard InChI is InChI=1S/C40H74O2P/c1-6-8-10-12-14-20-24-28-36-41-40(42-37-29-25-21-15-13-11-9-7-2)31-27-23-19-17-16-18-22-26-30-38-32-34-39(35-33-38)43(3,4)5/h26,30,32-35,40H,6-25,27-29,31,36-37H2,1-5H3/q+1. The van der Waals surface area contributed by atoms with E-state index in [1.807, 2.05) is 0 Å². The van der Waals surface area contributed by atoms with Crippen LogP contribution in [0.5, 0.6) is 0 Å². The topological polar surface area (TPSA) is 18.5 Å². The second kappa shape index (κ2) is 28.8. The summed E-state index contributed by atoms with van der Waals surface area (Å²) < 4.78 is 12.5. The summed E-state index contributed by atoms with van der Waals surface area (Å²) in [5.74, 6) is 0. The van der Waals surface area contributed by atoms with E-state index in [2.05, 4.69) is 70.3 Å². The summed E-state index contributed by atoms with van der Waals surface area (Å²) in [6.45, 7) is 13.5. The second-order valence-electron chi connectivity index (χ2n) is 13.8. The number of hydrogen-bond acceptors (Lipinski definition) is 2. The molecule has 250 valence electrons. The van der Waals surface area contributed by atoms with Crippen LogP contribution in [0.2, 0.25) is 0 Å². The molecule has 0 amide bonds. The first-order chi connectivity index (χ1) is 21.0. The van der Waals surface area contributed by atoms with Gasteiger partial charge in [-0.15, -0.1) is 0 Å². The molecule has 0 aromatic heterocycles. The van der Waals surface area contributed by atoms with Crippen molar-refractivity contribution >= 4 is 18.6 Å². The van der Waals surface area contributed by atoms with Crippen molar-refractivity contribution in [3.8, 4) is 0 Å². The van der Waals surface area contributed by atoms with Gasteiger partial charge >= 0.3 is 0 Å². The Morgan fingerprint density at radius 3 is 1.42 bits per heavy atom. The molecule has 0 aliphatic heterocycles. The number of hydrogen-bond donors (Lipinski definition) is 0. The molecule has 1 aromatic rings. The average molecular weight is 618 g/mol. The molecule has 0 heterocycles. The third kappa shape index (κ3) is 25.2. The van der Waals surface area contributed by atoms with Gasteiger partial charge in [0.25, 0.3) is 0 Å². The molecule has 43 heavy (non-hydrogen) atoms. The van der Waals surface area contributed by atoms with Gasteiger partial charge in [-0.05, 0) is 56.2 Å². The third-order valence-corrected chi connectivity index (χ3v) is 10.5. The molecule has 0 aliphatic carbocycles. The fourth-order valence-electron chi connectivity index (χ4n) is 5.65. The maximum Gasteiger partial charge on any atom is 0.157 e. The molecule has 0 unspecified atom stereocenters. The van der Waals surface area contributed by atoms with Crippen molar-refractivity contribution in [2.75, 3.05) is 33.2 Å². The average Bonchev–Trinajstić information content (AvgIpc) is 2.99. The molecule has 0 fully saturated rings. The van der Waals surface area contributed by atoms with Crippen LogP contribution in [0, 0.1) is 0 Å². The zero-order chi connectivity index (χ0) is 31.3. The largest absolute Gasteiger partial charge is 0.353 e. The Morgan fingerprint density at radius 1 is 0.535 bits per heavy atom. The summed E-state index contributed by atoms with van der Waals surface area (Å²) in [6, 6.07) is 9.20. The Bertz CT molecular complexity index is 714. The van der Waals surface area contributed by atoms with Crippen molar-refractivity contribution in [3.63, 3.8) is 0 Å². The fourth-order valence-corrected chi connectivity index (χ4v) is 6.69. The van der Waals surface area contributed by atoms with E-state index in [1.54, 1.807) is 0 Å². The molecule has 0 saturated carbocycles. The molecule has 0 N–H and O–H groups in total. The van der Waals surface area contributed by atoms with E-state index < -0.39 is 7.26 Å². The van der Waals surface area contributed by atoms with Crippen molar-refractivity contribution in [2.45, 2.75) is 174 Å². The maximum atomic E-state index is 6.26. The van der Waals surface area contributed by atoms with E-state index in [9.17, 15) is 0 Å². The molecular formula is C40H74O2P+. The Labute approximate surface area is 270 Å². The first-order valence-corrected chi connectivity index (χ1v) is 21.9.